The lowest BCUT2D eigenvalue weighted by molar-refractivity contribution is -0.116. The molecule has 2 N–H and O–H groups in total. The maximum absolute atomic E-state index is 11.7. The molecule has 2 amide bonds. The maximum atomic E-state index is 11.7. The highest BCUT2D eigenvalue weighted by atomic mass is 16.5. The Balaban J connectivity index is 4.37. The van der Waals surface area contributed by atoms with E-state index in [4.69, 9.17) is 4.74 Å². The fourth-order valence-corrected chi connectivity index (χ4v) is 1.71. The van der Waals surface area contributed by atoms with Crippen molar-refractivity contribution < 1.29 is 14.3 Å². The molecule has 122 valence electrons. The van der Waals surface area contributed by atoms with Gasteiger partial charge in [-0.05, 0) is 30.8 Å². The van der Waals surface area contributed by atoms with Gasteiger partial charge in [0.25, 0.3) is 0 Å². The number of nitrogens with one attached hydrogen (secondary N) is 2. The summed E-state index contributed by atoms with van der Waals surface area (Å²) < 4.78 is 4.88. The number of hydrogen-bond acceptors (Lipinski definition) is 3. The van der Waals surface area contributed by atoms with Crippen molar-refractivity contribution in [1.82, 2.24) is 10.6 Å². The molecule has 0 aromatic heterocycles. The highest BCUT2D eigenvalue weighted by Crippen LogP contribution is 2.14. The Morgan fingerprint density at radius 1 is 1.24 bits per heavy atom. The monoisotopic (exact) mass is 298 g/mol. The second kappa shape index (κ2) is 9.42. The first-order valence-corrected chi connectivity index (χ1v) is 7.54. The van der Waals surface area contributed by atoms with Crippen molar-refractivity contribution in [1.29, 1.82) is 0 Å². The third-order valence-corrected chi connectivity index (χ3v) is 2.61. The Labute approximate surface area is 128 Å². The second-order valence-electron chi connectivity index (χ2n) is 6.64. The highest BCUT2D eigenvalue weighted by molar-refractivity contribution is 5.87. The van der Waals surface area contributed by atoms with Crippen LogP contribution in [0.4, 0.5) is 4.79 Å². The summed E-state index contributed by atoms with van der Waals surface area (Å²) in [5.41, 5.74) is -0.0299. The molecule has 5 heteroatoms. The molecule has 0 aliphatic rings. The number of hydrogen-bond donors (Lipinski definition) is 2. The minimum absolute atomic E-state index is 0.0299. The number of amides is 2. The van der Waals surface area contributed by atoms with Crippen molar-refractivity contribution in [2.45, 2.75) is 54.0 Å². The van der Waals surface area contributed by atoms with Gasteiger partial charge in [-0.25, -0.2) is 4.79 Å². The Bertz CT molecular complexity index is 357. The van der Waals surface area contributed by atoms with E-state index in [2.05, 4.69) is 24.5 Å². The average molecular weight is 298 g/mol. The van der Waals surface area contributed by atoms with E-state index in [1.165, 1.54) is 6.08 Å². The molecule has 0 heterocycles. The number of allylic oxidation sites excluding steroid dienone is 1. The smallest absolute Gasteiger partial charge is 0.407 e. The van der Waals surface area contributed by atoms with Gasteiger partial charge in [0.05, 0.1) is 6.61 Å². The van der Waals surface area contributed by atoms with Gasteiger partial charge in [-0.1, -0.05) is 40.7 Å². The Morgan fingerprint density at radius 2 is 1.86 bits per heavy atom. The van der Waals surface area contributed by atoms with E-state index in [1.54, 1.807) is 6.92 Å². The van der Waals surface area contributed by atoms with Gasteiger partial charge >= 0.3 is 6.09 Å². The number of rotatable bonds is 7. The van der Waals surface area contributed by atoms with Crippen LogP contribution in [0.15, 0.2) is 12.2 Å². The summed E-state index contributed by atoms with van der Waals surface area (Å²) in [6, 6.07) is -0.129. The van der Waals surface area contributed by atoms with Crippen LogP contribution in [0.1, 0.15) is 48.0 Å². The number of carbonyl (C=O) groups is 2. The molecule has 5 nitrogen and oxygen atoms in total. The lowest BCUT2D eigenvalue weighted by atomic mass is 9.96. The normalized spacial score (nSPS) is 13.3. The Hall–Kier alpha value is -1.52. The van der Waals surface area contributed by atoms with Gasteiger partial charge in [-0.15, -0.1) is 0 Å². The first kappa shape index (κ1) is 19.5. The maximum Gasteiger partial charge on any atom is 0.407 e. The summed E-state index contributed by atoms with van der Waals surface area (Å²) in [5.74, 6) is 0.267. The zero-order valence-corrected chi connectivity index (χ0v) is 14.2. The summed E-state index contributed by atoms with van der Waals surface area (Å²) in [7, 11) is 0. The summed E-state index contributed by atoms with van der Waals surface area (Å²) in [6.45, 7) is 12.7. The van der Waals surface area contributed by atoms with Crippen LogP contribution in [0.3, 0.4) is 0 Å². The van der Waals surface area contributed by atoms with Gasteiger partial charge in [0.15, 0.2) is 0 Å². The first-order chi connectivity index (χ1) is 9.64. The predicted molar refractivity (Wildman–Crippen MR) is 85.0 cm³/mol. The third kappa shape index (κ3) is 12.0. The van der Waals surface area contributed by atoms with E-state index in [9.17, 15) is 9.59 Å². The second-order valence-corrected chi connectivity index (χ2v) is 6.64. The Kier molecular flexibility index (Phi) is 8.74. The van der Waals surface area contributed by atoms with E-state index in [0.29, 0.717) is 19.1 Å². The molecule has 0 aliphatic carbocycles. The van der Waals surface area contributed by atoms with Crippen LogP contribution in [0.5, 0.6) is 0 Å². The van der Waals surface area contributed by atoms with Gasteiger partial charge < -0.3 is 15.4 Å². The fourth-order valence-electron chi connectivity index (χ4n) is 1.71. The molecule has 0 aliphatic heterocycles. The van der Waals surface area contributed by atoms with Gasteiger partial charge in [0, 0.05) is 12.6 Å². The van der Waals surface area contributed by atoms with Crippen molar-refractivity contribution in [3.05, 3.63) is 12.2 Å². The summed E-state index contributed by atoms with van der Waals surface area (Å²) in [6.07, 6.45) is 3.74. The van der Waals surface area contributed by atoms with Crippen LogP contribution in [-0.2, 0) is 9.53 Å². The molecule has 0 radical (unpaired) electrons. The average Bonchev–Trinajstić information content (AvgIpc) is 2.32. The standard InChI is InChI=1S/C16H30N2O3/c1-7-21-15(20)18-13(10-12(2)3)11-17-14(19)8-9-16(4,5)6/h8-9,12-13H,7,10-11H2,1-6H3,(H,17,19)(H,18,20). The van der Waals surface area contributed by atoms with E-state index >= 15 is 0 Å². The number of ether oxygens (including phenoxy) is 1. The molecule has 0 bridgehead atoms. The summed E-state index contributed by atoms with van der Waals surface area (Å²) in [4.78, 5) is 23.2. The third-order valence-electron chi connectivity index (χ3n) is 2.61. The van der Waals surface area contributed by atoms with Crippen LogP contribution >= 0.6 is 0 Å². The van der Waals surface area contributed by atoms with E-state index < -0.39 is 6.09 Å². The van der Waals surface area contributed by atoms with Crippen LogP contribution in [0, 0.1) is 11.3 Å². The lowest BCUT2D eigenvalue weighted by Crippen LogP contribution is -2.44. The van der Waals surface area contributed by atoms with E-state index in [1.807, 2.05) is 26.8 Å². The molecular weight excluding hydrogens is 268 g/mol. The van der Waals surface area contributed by atoms with E-state index in [-0.39, 0.29) is 17.4 Å². The molecule has 21 heavy (non-hydrogen) atoms. The zero-order chi connectivity index (χ0) is 16.5. The fraction of sp³-hybridized carbons (Fsp3) is 0.750. The molecular formula is C16H30N2O3. The topological polar surface area (TPSA) is 67.4 Å². The Morgan fingerprint density at radius 3 is 2.33 bits per heavy atom. The van der Waals surface area contributed by atoms with Crippen molar-refractivity contribution >= 4 is 12.0 Å². The quantitative estimate of drug-likeness (QED) is 0.710. The SMILES string of the molecule is CCOC(=O)NC(CNC(=O)C=CC(C)(C)C)CC(C)C. The van der Waals surface area contributed by atoms with Gasteiger partial charge in [0.2, 0.25) is 5.91 Å². The molecule has 0 fully saturated rings. The molecule has 0 aromatic carbocycles. The first-order valence-electron chi connectivity index (χ1n) is 7.54. The summed E-state index contributed by atoms with van der Waals surface area (Å²) >= 11 is 0. The van der Waals surface area contributed by atoms with Crippen LogP contribution in [0.25, 0.3) is 0 Å². The van der Waals surface area contributed by atoms with Gasteiger partial charge in [-0.2, -0.15) is 0 Å². The largest absolute Gasteiger partial charge is 0.450 e. The molecule has 0 saturated carbocycles. The van der Waals surface area contributed by atoms with E-state index in [0.717, 1.165) is 6.42 Å². The molecule has 0 spiro atoms. The lowest BCUT2D eigenvalue weighted by Gasteiger charge is -2.20. The van der Waals surface area contributed by atoms with Crippen molar-refractivity contribution in [3.8, 4) is 0 Å². The molecule has 0 rings (SSSR count). The zero-order valence-electron chi connectivity index (χ0n) is 14.2. The number of carbonyl (C=O) groups excluding carboxylic acids is 2. The van der Waals surface area contributed by atoms with Gasteiger partial charge in [0.1, 0.15) is 0 Å². The molecule has 0 saturated heterocycles. The molecule has 0 aromatic rings. The molecule has 1 unspecified atom stereocenters. The summed E-state index contributed by atoms with van der Waals surface area (Å²) in [5, 5.41) is 5.59. The van der Waals surface area contributed by atoms with Gasteiger partial charge in [-0.3, -0.25) is 4.79 Å². The minimum Gasteiger partial charge on any atom is -0.450 e. The van der Waals surface area contributed by atoms with Crippen LogP contribution in [-0.4, -0.2) is 31.2 Å². The molecule has 1 atom stereocenters. The number of alkyl carbamates (subject to hydrolysis) is 1. The van der Waals surface area contributed by atoms with Crippen LogP contribution in [0.2, 0.25) is 0 Å². The van der Waals surface area contributed by atoms with Crippen LogP contribution < -0.4 is 10.6 Å². The van der Waals surface area contributed by atoms with Crippen molar-refractivity contribution in [2.75, 3.05) is 13.2 Å². The van der Waals surface area contributed by atoms with Crippen molar-refractivity contribution in [2.24, 2.45) is 11.3 Å². The highest BCUT2D eigenvalue weighted by Gasteiger charge is 2.15. The minimum atomic E-state index is -0.442. The predicted octanol–water partition coefficient (Wildman–Crippen LogP) is 2.87. The van der Waals surface area contributed by atoms with Crippen molar-refractivity contribution in [3.63, 3.8) is 0 Å².